The average Bonchev–Trinajstić information content (AvgIpc) is 2.88. The van der Waals surface area contributed by atoms with Crippen molar-refractivity contribution in [1.82, 2.24) is 10.5 Å². The number of furan rings is 1. The van der Waals surface area contributed by atoms with Gasteiger partial charge in [0.2, 0.25) is 0 Å². The van der Waals surface area contributed by atoms with Crippen LogP contribution in [0, 0.1) is 0 Å². The van der Waals surface area contributed by atoms with Gasteiger partial charge < -0.3 is 14.3 Å². The molecule has 0 radical (unpaired) electrons. The number of nitrogens with one attached hydrogen (secondary N) is 1. The molecule has 0 aliphatic heterocycles. The minimum absolute atomic E-state index is 0.669. The standard InChI is InChI=1S/C11H14N2O2/c1-2-9-3-4-10(14-9)7-12-8-11-5-6-13-15-11/h3-6,12H,2,7-8H2,1H3. The van der Waals surface area contributed by atoms with E-state index in [0.29, 0.717) is 13.1 Å². The monoisotopic (exact) mass is 206 g/mol. The zero-order chi connectivity index (χ0) is 10.5. The summed E-state index contributed by atoms with van der Waals surface area (Å²) in [5, 5.41) is 6.84. The minimum Gasteiger partial charge on any atom is -0.465 e. The van der Waals surface area contributed by atoms with Crippen molar-refractivity contribution in [1.29, 1.82) is 0 Å². The van der Waals surface area contributed by atoms with E-state index >= 15 is 0 Å². The average molecular weight is 206 g/mol. The molecular formula is C11H14N2O2. The highest BCUT2D eigenvalue weighted by Crippen LogP contribution is 2.08. The zero-order valence-electron chi connectivity index (χ0n) is 8.69. The summed E-state index contributed by atoms with van der Waals surface area (Å²) in [6, 6.07) is 5.84. The van der Waals surface area contributed by atoms with Crippen molar-refractivity contribution in [3.05, 3.63) is 41.7 Å². The molecule has 0 atom stereocenters. The minimum atomic E-state index is 0.669. The lowest BCUT2D eigenvalue weighted by atomic mass is 10.3. The Balaban J connectivity index is 1.78. The van der Waals surface area contributed by atoms with E-state index in [2.05, 4.69) is 17.4 Å². The molecule has 4 nitrogen and oxygen atoms in total. The van der Waals surface area contributed by atoms with E-state index < -0.39 is 0 Å². The summed E-state index contributed by atoms with van der Waals surface area (Å²) in [5.41, 5.74) is 0. The molecule has 0 saturated carbocycles. The maximum absolute atomic E-state index is 5.54. The van der Waals surface area contributed by atoms with Crippen molar-refractivity contribution < 1.29 is 8.94 Å². The van der Waals surface area contributed by atoms with Crippen LogP contribution in [-0.4, -0.2) is 5.16 Å². The van der Waals surface area contributed by atoms with E-state index in [1.165, 1.54) is 0 Å². The van der Waals surface area contributed by atoms with Crippen LogP contribution in [0.4, 0.5) is 0 Å². The van der Waals surface area contributed by atoms with Gasteiger partial charge in [0, 0.05) is 12.5 Å². The summed E-state index contributed by atoms with van der Waals surface area (Å²) in [7, 11) is 0. The number of hydrogen-bond acceptors (Lipinski definition) is 4. The molecule has 2 aromatic rings. The fraction of sp³-hybridized carbons (Fsp3) is 0.364. The lowest BCUT2D eigenvalue weighted by Crippen LogP contribution is -2.11. The molecule has 0 aliphatic carbocycles. The van der Waals surface area contributed by atoms with Gasteiger partial charge in [-0.2, -0.15) is 0 Å². The van der Waals surface area contributed by atoms with Crippen LogP contribution in [0.5, 0.6) is 0 Å². The SMILES string of the molecule is CCc1ccc(CNCc2ccno2)o1. The van der Waals surface area contributed by atoms with Gasteiger partial charge in [0.15, 0.2) is 0 Å². The Morgan fingerprint density at radius 1 is 1.13 bits per heavy atom. The lowest BCUT2D eigenvalue weighted by molar-refractivity contribution is 0.367. The van der Waals surface area contributed by atoms with E-state index in [9.17, 15) is 0 Å². The molecule has 2 rings (SSSR count). The quantitative estimate of drug-likeness (QED) is 0.814. The summed E-state index contributed by atoms with van der Waals surface area (Å²) < 4.78 is 10.5. The van der Waals surface area contributed by atoms with Gasteiger partial charge in [-0.25, -0.2) is 0 Å². The molecule has 1 N–H and O–H groups in total. The Hall–Kier alpha value is -1.55. The first-order chi connectivity index (χ1) is 7.38. The Bertz CT molecular complexity index is 392. The zero-order valence-corrected chi connectivity index (χ0v) is 8.69. The molecule has 0 aliphatic rings. The Morgan fingerprint density at radius 2 is 1.93 bits per heavy atom. The van der Waals surface area contributed by atoms with Crippen molar-refractivity contribution >= 4 is 0 Å². The molecule has 0 unspecified atom stereocenters. The molecule has 80 valence electrons. The molecule has 0 bridgehead atoms. The third-order valence-corrected chi connectivity index (χ3v) is 2.16. The highest BCUT2D eigenvalue weighted by molar-refractivity contribution is 5.06. The number of nitrogens with zero attached hydrogens (tertiary/aromatic N) is 1. The van der Waals surface area contributed by atoms with Crippen LogP contribution in [0.15, 0.2) is 33.3 Å². The molecule has 2 heterocycles. The van der Waals surface area contributed by atoms with Crippen LogP contribution in [-0.2, 0) is 19.5 Å². The molecule has 0 aromatic carbocycles. The van der Waals surface area contributed by atoms with Crippen LogP contribution in [0.1, 0.15) is 24.2 Å². The number of aryl methyl sites for hydroxylation is 1. The van der Waals surface area contributed by atoms with Gasteiger partial charge in [-0.1, -0.05) is 12.1 Å². The second-order valence-electron chi connectivity index (χ2n) is 3.30. The van der Waals surface area contributed by atoms with Crippen molar-refractivity contribution in [2.75, 3.05) is 0 Å². The summed E-state index contributed by atoms with van der Waals surface area (Å²) in [6.07, 6.45) is 2.57. The maximum Gasteiger partial charge on any atom is 0.150 e. The van der Waals surface area contributed by atoms with Gasteiger partial charge in [-0.05, 0) is 12.1 Å². The van der Waals surface area contributed by atoms with Gasteiger partial charge >= 0.3 is 0 Å². The van der Waals surface area contributed by atoms with Gasteiger partial charge in [0.05, 0.1) is 19.3 Å². The van der Waals surface area contributed by atoms with E-state index in [0.717, 1.165) is 23.7 Å². The lowest BCUT2D eigenvalue weighted by Gasteiger charge is -1.98. The summed E-state index contributed by atoms with van der Waals surface area (Å²) in [6.45, 7) is 3.45. The van der Waals surface area contributed by atoms with Crippen LogP contribution < -0.4 is 5.32 Å². The normalized spacial score (nSPS) is 10.7. The summed E-state index contributed by atoms with van der Waals surface area (Å²) in [5.74, 6) is 2.80. The Kier molecular flexibility index (Phi) is 3.19. The van der Waals surface area contributed by atoms with Crippen molar-refractivity contribution in [2.45, 2.75) is 26.4 Å². The summed E-state index contributed by atoms with van der Waals surface area (Å²) in [4.78, 5) is 0. The second-order valence-corrected chi connectivity index (χ2v) is 3.30. The third-order valence-electron chi connectivity index (χ3n) is 2.16. The summed E-state index contributed by atoms with van der Waals surface area (Å²) >= 11 is 0. The van der Waals surface area contributed by atoms with Crippen molar-refractivity contribution in [2.24, 2.45) is 0 Å². The molecule has 0 spiro atoms. The first-order valence-corrected chi connectivity index (χ1v) is 5.06. The van der Waals surface area contributed by atoms with Gasteiger partial charge in [0.1, 0.15) is 17.3 Å². The van der Waals surface area contributed by atoms with E-state index in [-0.39, 0.29) is 0 Å². The predicted octanol–water partition coefficient (Wildman–Crippen LogP) is 2.12. The van der Waals surface area contributed by atoms with Crippen LogP contribution in [0.25, 0.3) is 0 Å². The van der Waals surface area contributed by atoms with Crippen molar-refractivity contribution in [3.8, 4) is 0 Å². The smallest absolute Gasteiger partial charge is 0.150 e. The van der Waals surface area contributed by atoms with Crippen LogP contribution in [0.2, 0.25) is 0 Å². The van der Waals surface area contributed by atoms with E-state index in [1.54, 1.807) is 6.20 Å². The molecule has 4 heteroatoms. The largest absolute Gasteiger partial charge is 0.465 e. The molecule has 0 fully saturated rings. The van der Waals surface area contributed by atoms with Crippen LogP contribution in [0.3, 0.4) is 0 Å². The Labute approximate surface area is 88.3 Å². The van der Waals surface area contributed by atoms with E-state index in [1.807, 2.05) is 18.2 Å². The maximum atomic E-state index is 5.54. The first kappa shape index (κ1) is 9.98. The van der Waals surface area contributed by atoms with Gasteiger partial charge in [-0.3, -0.25) is 0 Å². The van der Waals surface area contributed by atoms with Gasteiger partial charge in [0.25, 0.3) is 0 Å². The van der Waals surface area contributed by atoms with Crippen LogP contribution >= 0.6 is 0 Å². The van der Waals surface area contributed by atoms with Crippen molar-refractivity contribution in [3.63, 3.8) is 0 Å². The Morgan fingerprint density at radius 3 is 2.60 bits per heavy atom. The number of hydrogen-bond donors (Lipinski definition) is 1. The first-order valence-electron chi connectivity index (χ1n) is 5.06. The topological polar surface area (TPSA) is 51.2 Å². The number of aromatic nitrogens is 1. The van der Waals surface area contributed by atoms with Gasteiger partial charge in [-0.15, -0.1) is 0 Å². The fourth-order valence-electron chi connectivity index (χ4n) is 1.35. The van der Waals surface area contributed by atoms with E-state index in [4.69, 9.17) is 8.94 Å². The molecule has 15 heavy (non-hydrogen) atoms. The fourth-order valence-corrected chi connectivity index (χ4v) is 1.35. The molecule has 2 aromatic heterocycles. The predicted molar refractivity (Wildman–Crippen MR) is 55.1 cm³/mol. The third kappa shape index (κ3) is 2.70. The second kappa shape index (κ2) is 4.79. The number of rotatable bonds is 5. The molecule has 0 amide bonds. The highest BCUT2D eigenvalue weighted by atomic mass is 16.5. The molecule has 0 saturated heterocycles. The highest BCUT2D eigenvalue weighted by Gasteiger charge is 2.01. The molecular weight excluding hydrogens is 192 g/mol.